The smallest absolute Gasteiger partial charge is 0.0948 e. The Hall–Kier alpha value is -0.870. The van der Waals surface area contributed by atoms with Crippen LogP contribution in [0, 0.1) is 0 Å². The van der Waals surface area contributed by atoms with E-state index in [1.165, 1.54) is 12.1 Å². The van der Waals surface area contributed by atoms with Gasteiger partial charge in [0, 0.05) is 31.4 Å². The number of rotatable bonds is 5. The van der Waals surface area contributed by atoms with Crippen LogP contribution in [0.5, 0.6) is 0 Å². The first-order valence-electron chi connectivity index (χ1n) is 6.18. The lowest BCUT2D eigenvalue weighted by Crippen LogP contribution is -2.43. The van der Waals surface area contributed by atoms with Gasteiger partial charge in [-0.15, -0.1) is 0 Å². The third-order valence-corrected chi connectivity index (χ3v) is 3.33. The van der Waals surface area contributed by atoms with Crippen LogP contribution in [0.3, 0.4) is 0 Å². The Morgan fingerprint density at radius 1 is 1.62 bits per heavy atom. The molecule has 1 aromatic rings. The Bertz CT molecular complexity index is 326. The molecule has 0 bridgehead atoms. The van der Waals surface area contributed by atoms with E-state index in [4.69, 9.17) is 0 Å². The largest absolute Gasteiger partial charge is 0.333 e. The summed E-state index contributed by atoms with van der Waals surface area (Å²) in [5.74, 6) is 0. The van der Waals surface area contributed by atoms with Crippen molar-refractivity contribution in [2.24, 2.45) is 0 Å². The predicted molar refractivity (Wildman–Crippen MR) is 65.2 cm³/mol. The van der Waals surface area contributed by atoms with Crippen molar-refractivity contribution < 1.29 is 0 Å². The maximum absolute atomic E-state index is 4.22. The number of imidazole rings is 1. The van der Waals surface area contributed by atoms with Crippen LogP contribution in [0.25, 0.3) is 0 Å². The molecule has 0 aromatic carbocycles. The Morgan fingerprint density at radius 2 is 2.50 bits per heavy atom. The van der Waals surface area contributed by atoms with Crippen LogP contribution in [0.15, 0.2) is 12.5 Å². The van der Waals surface area contributed by atoms with Gasteiger partial charge in [-0.25, -0.2) is 4.98 Å². The van der Waals surface area contributed by atoms with Crippen molar-refractivity contribution in [2.45, 2.75) is 45.3 Å². The fraction of sp³-hybridized carbons (Fsp3) is 0.750. The highest BCUT2D eigenvalue weighted by atomic mass is 15.1. The van der Waals surface area contributed by atoms with E-state index in [9.17, 15) is 0 Å². The van der Waals surface area contributed by atoms with Crippen LogP contribution < -0.4 is 10.6 Å². The van der Waals surface area contributed by atoms with Gasteiger partial charge in [0.25, 0.3) is 0 Å². The van der Waals surface area contributed by atoms with Gasteiger partial charge in [0.05, 0.1) is 12.0 Å². The summed E-state index contributed by atoms with van der Waals surface area (Å²) < 4.78 is 2.23. The Kier molecular flexibility index (Phi) is 3.61. The van der Waals surface area contributed by atoms with Gasteiger partial charge in [-0.3, -0.25) is 0 Å². The first-order valence-corrected chi connectivity index (χ1v) is 6.18. The Labute approximate surface area is 97.4 Å². The average molecular weight is 222 g/mol. The minimum absolute atomic E-state index is 0.251. The van der Waals surface area contributed by atoms with E-state index in [0.717, 1.165) is 32.6 Å². The lowest BCUT2D eigenvalue weighted by Gasteiger charge is -2.24. The van der Waals surface area contributed by atoms with Crippen molar-refractivity contribution in [3.05, 3.63) is 18.2 Å². The SMILES string of the molecule is CCCn1cncc1CNC1(C)CCNC1. The highest BCUT2D eigenvalue weighted by Gasteiger charge is 2.27. The lowest BCUT2D eigenvalue weighted by atomic mass is 10.0. The van der Waals surface area contributed by atoms with Crippen LogP contribution in [0.2, 0.25) is 0 Å². The van der Waals surface area contributed by atoms with Crippen molar-refractivity contribution in [2.75, 3.05) is 13.1 Å². The predicted octanol–water partition coefficient (Wildman–Crippen LogP) is 1.13. The van der Waals surface area contributed by atoms with Crippen LogP contribution in [0.4, 0.5) is 0 Å². The molecular weight excluding hydrogens is 200 g/mol. The first-order chi connectivity index (χ1) is 7.73. The molecule has 1 atom stereocenters. The zero-order chi connectivity index (χ0) is 11.4. The molecule has 4 heteroatoms. The molecule has 1 aliphatic rings. The van der Waals surface area contributed by atoms with E-state index in [0.29, 0.717) is 0 Å². The highest BCUT2D eigenvalue weighted by Crippen LogP contribution is 2.14. The molecule has 2 heterocycles. The molecule has 1 unspecified atom stereocenters. The third-order valence-electron chi connectivity index (χ3n) is 3.33. The van der Waals surface area contributed by atoms with Gasteiger partial charge in [-0.05, 0) is 26.3 Å². The van der Waals surface area contributed by atoms with E-state index >= 15 is 0 Å². The molecule has 0 aliphatic carbocycles. The fourth-order valence-electron chi connectivity index (χ4n) is 2.21. The first kappa shape index (κ1) is 11.6. The van der Waals surface area contributed by atoms with Crippen LogP contribution in [0.1, 0.15) is 32.4 Å². The summed E-state index contributed by atoms with van der Waals surface area (Å²) >= 11 is 0. The van der Waals surface area contributed by atoms with Crippen molar-refractivity contribution in [3.63, 3.8) is 0 Å². The average Bonchev–Trinajstić information content (AvgIpc) is 2.86. The minimum atomic E-state index is 0.251. The van der Waals surface area contributed by atoms with E-state index in [1.54, 1.807) is 0 Å². The van der Waals surface area contributed by atoms with Crippen LogP contribution in [-0.4, -0.2) is 28.2 Å². The van der Waals surface area contributed by atoms with Gasteiger partial charge in [0.1, 0.15) is 0 Å². The topological polar surface area (TPSA) is 41.9 Å². The number of aromatic nitrogens is 2. The van der Waals surface area contributed by atoms with E-state index < -0.39 is 0 Å². The molecule has 90 valence electrons. The van der Waals surface area contributed by atoms with Gasteiger partial charge in [0.2, 0.25) is 0 Å². The zero-order valence-electron chi connectivity index (χ0n) is 10.3. The molecule has 0 radical (unpaired) electrons. The minimum Gasteiger partial charge on any atom is -0.333 e. The number of nitrogens with one attached hydrogen (secondary N) is 2. The van der Waals surface area contributed by atoms with Crippen LogP contribution in [-0.2, 0) is 13.1 Å². The van der Waals surface area contributed by atoms with Crippen molar-refractivity contribution in [3.8, 4) is 0 Å². The Balaban J connectivity index is 1.91. The monoisotopic (exact) mass is 222 g/mol. The second kappa shape index (κ2) is 4.97. The zero-order valence-corrected chi connectivity index (χ0v) is 10.3. The number of nitrogens with zero attached hydrogens (tertiary/aromatic N) is 2. The van der Waals surface area contributed by atoms with Crippen LogP contribution >= 0.6 is 0 Å². The van der Waals surface area contributed by atoms with Gasteiger partial charge < -0.3 is 15.2 Å². The molecule has 1 fully saturated rings. The number of hydrogen-bond donors (Lipinski definition) is 2. The molecule has 4 nitrogen and oxygen atoms in total. The summed E-state index contributed by atoms with van der Waals surface area (Å²) in [6.45, 7) is 8.64. The second-order valence-electron chi connectivity index (χ2n) is 4.92. The molecule has 1 saturated heterocycles. The quantitative estimate of drug-likeness (QED) is 0.785. The molecular formula is C12H22N4. The molecule has 0 amide bonds. The lowest BCUT2D eigenvalue weighted by molar-refractivity contribution is 0.379. The summed E-state index contributed by atoms with van der Waals surface area (Å²) in [5.41, 5.74) is 1.54. The van der Waals surface area contributed by atoms with Crippen molar-refractivity contribution in [1.29, 1.82) is 0 Å². The van der Waals surface area contributed by atoms with E-state index in [2.05, 4.69) is 34.0 Å². The Morgan fingerprint density at radius 3 is 3.19 bits per heavy atom. The summed E-state index contributed by atoms with van der Waals surface area (Å²) in [7, 11) is 0. The fourth-order valence-corrected chi connectivity index (χ4v) is 2.21. The van der Waals surface area contributed by atoms with Gasteiger partial charge >= 0.3 is 0 Å². The maximum atomic E-state index is 4.22. The normalized spacial score (nSPS) is 25.1. The molecule has 2 N–H and O–H groups in total. The van der Waals surface area contributed by atoms with E-state index in [1.807, 2.05) is 12.5 Å². The molecule has 0 saturated carbocycles. The van der Waals surface area contributed by atoms with Gasteiger partial charge in [-0.1, -0.05) is 6.92 Å². The molecule has 1 aliphatic heterocycles. The van der Waals surface area contributed by atoms with E-state index in [-0.39, 0.29) is 5.54 Å². The summed E-state index contributed by atoms with van der Waals surface area (Å²) in [4.78, 5) is 4.22. The molecule has 16 heavy (non-hydrogen) atoms. The van der Waals surface area contributed by atoms with Gasteiger partial charge in [-0.2, -0.15) is 0 Å². The molecule has 2 rings (SSSR count). The summed E-state index contributed by atoms with van der Waals surface area (Å²) in [6.07, 6.45) is 6.25. The second-order valence-corrected chi connectivity index (χ2v) is 4.92. The van der Waals surface area contributed by atoms with Gasteiger partial charge in [0.15, 0.2) is 0 Å². The number of aryl methyl sites for hydroxylation is 1. The highest BCUT2D eigenvalue weighted by molar-refractivity contribution is 5.01. The summed E-state index contributed by atoms with van der Waals surface area (Å²) in [5, 5.41) is 7.03. The molecule has 1 aromatic heterocycles. The maximum Gasteiger partial charge on any atom is 0.0948 e. The third kappa shape index (κ3) is 2.62. The standard InChI is InChI=1S/C12H22N4/c1-3-6-16-10-14-7-11(16)8-15-12(2)4-5-13-9-12/h7,10,13,15H,3-6,8-9H2,1-2H3. The van der Waals surface area contributed by atoms with Crippen molar-refractivity contribution >= 4 is 0 Å². The van der Waals surface area contributed by atoms with Crippen molar-refractivity contribution in [1.82, 2.24) is 20.2 Å². The number of hydrogen-bond acceptors (Lipinski definition) is 3. The molecule has 0 spiro atoms. The summed E-state index contributed by atoms with van der Waals surface area (Å²) in [6, 6.07) is 0.